The van der Waals surface area contributed by atoms with Gasteiger partial charge >= 0.3 is 0 Å². The van der Waals surface area contributed by atoms with Crippen molar-refractivity contribution in [3.8, 4) is 11.1 Å². The van der Waals surface area contributed by atoms with Crippen LogP contribution < -0.4 is 0 Å². The third-order valence-electron chi connectivity index (χ3n) is 2.60. The average molecular weight is 296 g/mol. The number of hydrogen-bond donors (Lipinski definition) is 0. The van der Waals surface area contributed by atoms with Crippen molar-refractivity contribution < 1.29 is 9.72 Å². The van der Waals surface area contributed by atoms with Crippen molar-refractivity contribution in [2.45, 2.75) is 0 Å². The Morgan fingerprint density at radius 1 is 1.00 bits per heavy atom. The van der Waals surface area contributed by atoms with Gasteiger partial charge in [0.1, 0.15) is 0 Å². The number of nitro groups is 1. The first kappa shape index (κ1) is 13.5. The van der Waals surface area contributed by atoms with Gasteiger partial charge in [-0.25, -0.2) is 0 Å². The predicted octanol–water partition coefficient (Wildman–Crippen LogP) is 4.38. The number of benzene rings is 2. The van der Waals surface area contributed by atoms with Gasteiger partial charge in [0.05, 0.1) is 20.5 Å². The summed E-state index contributed by atoms with van der Waals surface area (Å²) in [6, 6.07) is 9.29. The summed E-state index contributed by atoms with van der Waals surface area (Å²) in [5, 5.41) is 11.5. The minimum Gasteiger partial charge on any atom is -0.298 e. The number of hydrogen-bond acceptors (Lipinski definition) is 3. The highest BCUT2D eigenvalue weighted by molar-refractivity contribution is 6.42. The topological polar surface area (TPSA) is 60.2 Å². The Bertz CT molecular complexity index is 671. The zero-order valence-corrected chi connectivity index (χ0v) is 11.0. The van der Waals surface area contributed by atoms with Crippen LogP contribution in [0.5, 0.6) is 0 Å². The van der Waals surface area contributed by atoms with Gasteiger partial charge in [-0.1, -0.05) is 29.3 Å². The van der Waals surface area contributed by atoms with E-state index in [9.17, 15) is 14.9 Å². The van der Waals surface area contributed by atoms with Gasteiger partial charge in [0.2, 0.25) is 0 Å². The number of carbonyl (C=O) groups excluding carboxylic acids is 1. The monoisotopic (exact) mass is 295 g/mol. The van der Waals surface area contributed by atoms with Crippen LogP contribution in [0.4, 0.5) is 5.69 Å². The Morgan fingerprint density at radius 2 is 1.63 bits per heavy atom. The molecule has 0 aliphatic carbocycles. The summed E-state index contributed by atoms with van der Waals surface area (Å²) < 4.78 is 0. The summed E-state index contributed by atoms with van der Waals surface area (Å²) in [7, 11) is 0. The average Bonchev–Trinajstić information content (AvgIpc) is 2.41. The maximum atomic E-state index is 10.9. The molecule has 0 amide bonds. The Hall–Kier alpha value is -1.91. The van der Waals surface area contributed by atoms with Gasteiger partial charge in [-0.05, 0) is 35.4 Å². The highest BCUT2D eigenvalue weighted by Crippen LogP contribution is 2.30. The molecule has 96 valence electrons. The van der Waals surface area contributed by atoms with E-state index in [4.69, 9.17) is 23.2 Å². The molecule has 6 heteroatoms. The second-order valence-corrected chi connectivity index (χ2v) is 4.59. The van der Waals surface area contributed by atoms with Crippen molar-refractivity contribution in [3.63, 3.8) is 0 Å². The van der Waals surface area contributed by atoms with Crippen LogP contribution in [0.25, 0.3) is 11.1 Å². The number of carbonyl (C=O) groups is 1. The first-order valence-electron chi connectivity index (χ1n) is 5.22. The van der Waals surface area contributed by atoms with Crippen LogP contribution in [-0.2, 0) is 0 Å². The molecule has 0 atom stereocenters. The molecule has 0 aromatic heterocycles. The highest BCUT2D eigenvalue weighted by Gasteiger charge is 2.14. The minimum atomic E-state index is -0.595. The maximum absolute atomic E-state index is 10.9. The van der Waals surface area contributed by atoms with E-state index >= 15 is 0 Å². The van der Waals surface area contributed by atoms with E-state index in [2.05, 4.69) is 0 Å². The molecule has 0 fully saturated rings. The molecule has 2 rings (SSSR count). The van der Waals surface area contributed by atoms with Crippen molar-refractivity contribution >= 4 is 35.2 Å². The number of aldehydes is 1. The van der Waals surface area contributed by atoms with Crippen molar-refractivity contribution in [1.29, 1.82) is 0 Å². The van der Waals surface area contributed by atoms with E-state index in [0.717, 1.165) is 5.56 Å². The van der Waals surface area contributed by atoms with Crippen molar-refractivity contribution in [2.75, 3.05) is 0 Å². The molecular weight excluding hydrogens is 289 g/mol. The van der Waals surface area contributed by atoms with E-state index in [1.165, 1.54) is 12.1 Å². The van der Waals surface area contributed by atoms with Crippen LogP contribution in [0.3, 0.4) is 0 Å². The fourth-order valence-corrected chi connectivity index (χ4v) is 1.97. The quantitative estimate of drug-likeness (QED) is 0.479. The van der Waals surface area contributed by atoms with Gasteiger partial charge in [-0.3, -0.25) is 14.9 Å². The molecule has 0 saturated heterocycles. The van der Waals surface area contributed by atoms with Crippen LogP contribution >= 0.6 is 23.2 Å². The van der Waals surface area contributed by atoms with Gasteiger partial charge in [0.15, 0.2) is 6.29 Å². The van der Waals surface area contributed by atoms with E-state index in [1.54, 1.807) is 24.3 Å². The van der Waals surface area contributed by atoms with Crippen LogP contribution in [0.1, 0.15) is 10.4 Å². The lowest BCUT2D eigenvalue weighted by Gasteiger charge is -2.05. The zero-order chi connectivity index (χ0) is 14.0. The molecule has 0 N–H and O–H groups in total. The van der Waals surface area contributed by atoms with Crippen molar-refractivity contribution in [2.24, 2.45) is 0 Å². The van der Waals surface area contributed by atoms with Gasteiger partial charge in [0.25, 0.3) is 5.69 Å². The summed E-state index contributed by atoms with van der Waals surface area (Å²) in [4.78, 5) is 21.0. The standard InChI is InChI=1S/C13H7Cl2NO3/c14-11-3-1-9(6-12(11)15)8-2-4-13(16(18)19)10(5-8)7-17/h1-7H. The van der Waals surface area contributed by atoms with Crippen LogP contribution in [-0.4, -0.2) is 11.2 Å². The third-order valence-corrected chi connectivity index (χ3v) is 3.34. The molecule has 0 unspecified atom stereocenters. The first-order chi connectivity index (χ1) is 9.02. The molecular formula is C13H7Cl2NO3. The Kier molecular flexibility index (Phi) is 3.83. The van der Waals surface area contributed by atoms with E-state index in [1.807, 2.05) is 0 Å². The number of rotatable bonds is 3. The maximum Gasteiger partial charge on any atom is 0.279 e. The van der Waals surface area contributed by atoms with Crippen molar-refractivity contribution in [1.82, 2.24) is 0 Å². The predicted molar refractivity (Wildman–Crippen MR) is 73.9 cm³/mol. The van der Waals surface area contributed by atoms with Crippen LogP contribution in [0.15, 0.2) is 36.4 Å². The lowest BCUT2D eigenvalue weighted by molar-refractivity contribution is -0.385. The molecule has 0 bridgehead atoms. The SMILES string of the molecule is O=Cc1cc(-c2ccc(Cl)c(Cl)c2)ccc1[N+](=O)[O-]. The van der Waals surface area contributed by atoms with E-state index in [-0.39, 0.29) is 11.3 Å². The Morgan fingerprint density at radius 3 is 2.21 bits per heavy atom. The Balaban J connectivity index is 2.54. The third kappa shape index (κ3) is 2.75. The van der Waals surface area contributed by atoms with Gasteiger partial charge in [-0.2, -0.15) is 0 Å². The summed E-state index contributed by atoms with van der Waals surface area (Å²) >= 11 is 11.7. The van der Waals surface area contributed by atoms with Gasteiger partial charge in [0, 0.05) is 6.07 Å². The Labute approximate surface area is 118 Å². The van der Waals surface area contributed by atoms with Crippen molar-refractivity contribution in [3.05, 3.63) is 62.1 Å². The summed E-state index contributed by atoms with van der Waals surface area (Å²) in [6.07, 6.45) is 0.457. The first-order valence-corrected chi connectivity index (χ1v) is 5.97. The number of halogens is 2. The summed E-state index contributed by atoms with van der Waals surface area (Å²) in [5.41, 5.74) is 1.19. The molecule has 2 aromatic carbocycles. The fraction of sp³-hybridized carbons (Fsp3) is 0. The molecule has 0 radical (unpaired) electrons. The summed E-state index contributed by atoms with van der Waals surface area (Å²) in [6.45, 7) is 0. The highest BCUT2D eigenvalue weighted by atomic mass is 35.5. The summed E-state index contributed by atoms with van der Waals surface area (Å²) in [5.74, 6) is 0. The molecule has 0 spiro atoms. The second-order valence-electron chi connectivity index (χ2n) is 3.78. The number of nitro benzene ring substituents is 1. The molecule has 0 heterocycles. The van der Waals surface area contributed by atoms with Gasteiger partial charge < -0.3 is 0 Å². The molecule has 0 saturated carbocycles. The normalized spacial score (nSPS) is 10.2. The lowest BCUT2D eigenvalue weighted by Crippen LogP contribution is -1.94. The molecule has 0 aliphatic heterocycles. The fourth-order valence-electron chi connectivity index (χ4n) is 1.67. The van der Waals surface area contributed by atoms with Crippen LogP contribution in [0.2, 0.25) is 10.0 Å². The molecule has 2 aromatic rings. The van der Waals surface area contributed by atoms with E-state index in [0.29, 0.717) is 21.9 Å². The zero-order valence-electron chi connectivity index (χ0n) is 9.47. The van der Waals surface area contributed by atoms with Gasteiger partial charge in [-0.15, -0.1) is 0 Å². The number of nitrogens with zero attached hydrogens (tertiary/aromatic N) is 1. The lowest BCUT2D eigenvalue weighted by atomic mass is 10.0. The molecule has 19 heavy (non-hydrogen) atoms. The smallest absolute Gasteiger partial charge is 0.279 e. The molecule has 0 aliphatic rings. The van der Waals surface area contributed by atoms with E-state index < -0.39 is 4.92 Å². The second kappa shape index (κ2) is 5.38. The minimum absolute atomic E-state index is 0.0218. The van der Waals surface area contributed by atoms with Crippen LogP contribution in [0, 0.1) is 10.1 Å². The molecule has 4 nitrogen and oxygen atoms in total. The largest absolute Gasteiger partial charge is 0.298 e.